The predicted molar refractivity (Wildman–Crippen MR) is 49.9 cm³/mol. The Balaban J connectivity index is 0.000000187. The van der Waals surface area contributed by atoms with Gasteiger partial charge in [-0.3, -0.25) is 0 Å². The van der Waals surface area contributed by atoms with E-state index in [0.29, 0.717) is 0 Å². The van der Waals surface area contributed by atoms with E-state index in [4.69, 9.17) is 4.74 Å². The fourth-order valence-electron chi connectivity index (χ4n) is 1.26. The van der Waals surface area contributed by atoms with Gasteiger partial charge < -0.3 is 4.74 Å². The summed E-state index contributed by atoms with van der Waals surface area (Å²) >= 11 is 0. The standard InChI is InChI=1S/C6H12.C4H10O/c1-2-4-6-5-3-1;1-3-4-5-2/h1-6H2;3-4H2,1-2H3. The lowest BCUT2D eigenvalue weighted by atomic mass is 10.0. The smallest absolute Gasteiger partial charge is 0.0459 e. The third kappa shape index (κ3) is 9.96. The summed E-state index contributed by atoms with van der Waals surface area (Å²) in [6.45, 7) is 2.98. The van der Waals surface area contributed by atoms with Crippen LogP contribution in [0.2, 0.25) is 0 Å². The highest BCUT2D eigenvalue weighted by atomic mass is 16.5. The van der Waals surface area contributed by atoms with Crippen molar-refractivity contribution in [1.82, 2.24) is 0 Å². The molecule has 11 heavy (non-hydrogen) atoms. The van der Waals surface area contributed by atoms with Crippen LogP contribution < -0.4 is 0 Å². The Hall–Kier alpha value is -0.0400. The van der Waals surface area contributed by atoms with Crippen LogP contribution in [0.4, 0.5) is 0 Å². The van der Waals surface area contributed by atoms with E-state index in [1.54, 1.807) is 7.11 Å². The molecule has 1 heteroatoms. The molecule has 0 aliphatic heterocycles. The second-order valence-corrected chi connectivity index (χ2v) is 3.11. The zero-order valence-electron chi connectivity index (χ0n) is 8.07. The first-order chi connectivity index (χ1) is 5.41. The average Bonchev–Trinajstić information content (AvgIpc) is 2.10. The molecule has 1 aliphatic carbocycles. The Bertz CT molecular complexity index is 44.4. The van der Waals surface area contributed by atoms with E-state index in [-0.39, 0.29) is 0 Å². The molecular formula is C10H22O. The average molecular weight is 158 g/mol. The van der Waals surface area contributed by atoms with Gasteiger partial charge in [0.2, 0.25) is 0 Å². The fourth-order valence-corrected chi connectivity index (χ4v) is 1.26. The summed E-state index contributed by atoms with van der Waals surface area (Å²) in [7, 11) is 1.71. The molecule has 1 rings (SSSR count). The zero-order chi connectivity index (χ0) is 8.36. The van der Waals surface area contributed by atoms with Crippen LogP contribution >= 0.6 is 0 Å². The molecule has 0 spiro atoms. The largest absolute Gasteiger partial charge is 0.385 e. The molecule has 0 atom stereocenters. The van der Waals surface area contributed by atoms with Crippen LogP contribution in [0.25, 0.3) is 0 Å². The second kappa shape index (κ2) is 9.96. The van der Waals surface area contributed by atoms with Gasteiger partial charge in [0.05, 0.1) is 0 Å². The van der Waals surface area contributed by atoms with Crippen LogP contribution in [0.1, 0.15) is 51.9 Å². The Morgan fingerprint density at radius 1 is 0.909 bits per heavy atom. The molecule has 0 radical (unpaired) electrons. The van der Waals surface area contributed by atoms with E-state index < -0.39 is 0 Å². The van der Waals surface area contributed by atoms with Crippen molar-refractivity contribution < 1.29 is 4.74 Å². The van der Waals surface area contributed by atoms with E-state index in [1.165, 1.54) is 38.5 Å². The van der Waals surface area contributed by atoms with Crippen LogP contribution in [-0.2, 0) is 4.74 Å². The maximum atomic E-state index is 4.69. The summed E-state index contributed by atoms with van der Waals surface area (Å²) in [6, 6.07) is 0. The molecular weight excluding hydrogens is 136 g/mol. The molecule has 0 saturated heterocycles. The SMILES string of the molecule is C1CCCCC1.CCCOC. The Kier molecular flexibility index (Phi) is 9.92. The van der Waals surface area contributed by atoms with Gasteiger partial charge in [0, 0.05) is 13.7 Å². The number of hydrogen-bond acceptors (Lipinski definition) is 1. The normalized spacial score (nSPS) is 16.9. The van der Waals surface area contributed by atoms with Gasteiger partial charge in [0.25, 0.3) is 0 Å². The molecule has 0 unspecified atom stereocenters. The molecule has 1 saturated carbocycles. The molecule has 68 valence electrons. The lowest BCUT2D eigenvalue weighted by molar-refractivity contribution is 0.199. The van der Waals surface area contributed by atoms with Crippen molar-refractivity contribution in [3.05, 3.63) is 0 Å². The number of methoxy groups -OCH3 is 1. The molecule has 1 nitrogen and oxygen atoms in total. The van der Waals surface area contributed by atoms with Gasteiger partial charge in [-0.05, 0) is 6.42 Å². The van der Waals surface area contributed by atoms with Crippen molar-refractivity contribution >= 4 is 0 Å². The molecule has 1 fully saturated rings. The molecule has 0 bridgehead atoms. The van der Waals surface area contributed by atoms with Gasteiger partial charge in [-0.25, -0.2) is 0 Å². The summed E-state index contributed by atoms with van der Waals surface area (Å²) < 4.78 is 4.69. The lowest BCUT2D eigenvalue weighted by Gasteiger charge is -2.05. The van der Waals surface area contributed by atoms with Crippen molar-refractivity contribution in [2.75, 3.05) is 13.7 Å². The summed E-state index contributed by atoms with van der Waals surface area (Å²) in [4.78, 5) is 0. The molecule has 0 heterocycles. The number of ether oxygens (including phenoxy) is 1. The highest BCUT2D eigenvalue weighted by Gasteiger charge is 1.95. The van der Waals surface area contributed by atoms with Gasteiger partial charge in [0.1, 0.15) is 0 Å². The lowest BCUT2D eigenvalue weighted by Crippen LogP contribution is -1.85. The minimum atomic E-state index is 0.889. The Morgan fingerprint density at radius 2 is 1.27 bits per heavy atom. The van der Waals surface area contributed by atoms with Gasteiger partial charge in [-0.15, -0.1) is 0 Å². The van der Waals surface area contributed by atoms with Crippen LogP contribution in [0, 0.1) is 0 Å². The minimum absolute atomic E-state index is 0.889. The third-order valence-electron chi connectivity index (χ3n) is 1.91. The van der Waals surface area contributed by atoms with Crippen molar-refractivity contribution in [3.8, 4) is 0 Å². The molecule has 0 aromatic heterocycles. The van der Waals surface area contributed by atoms with Crippen molar-refractivity contribution in [2.24, 2.45) is 0 Å². The van der Waals surface area contributed by atoms with Crippen LogP contribution in [0.5, 0.6) is 0 Å². The Labute approximate surface area is 71.1 Å². The van der Waals surface area contributed by atoms with Crippen molar-refractivity contribution in [2.45, 2.75) is 51.9 Å². The first-order valence-electron chi connectivity index (χ1n) is 4.90. The van der Waals surface area contributed by atoms with Gasteiger partial charge >= 0.3 is 0 Å². The zero-order valence-corrected chi connectivity index (χ0v) is 8.07. The monoisotopic (exact) mass is 158 g/mol. The maximum Gasteiger partial charge on any atom is 0.0459 e. The van der Waals surface area contributed by atoms with Gasteiger partial charge in [-0.1, -0.05) is 45.4 Å². The minimum Gasteiger partial charge on any atom is -0.385 e. The van der Waals surface area contributed by atoms with Crippen molar-refractivity contribution in [3.63, 3.8) is 0 Å². The predicted octanol–water partition coefficient (Wildman–Crippen LogP) is 3.38. The quantitative estimate of drug-likeness (QED) is 0.598. The summed E-state index contributed by atoms with van der Waals surface area (Å²) in [6.07, 6.45) is 10.1. The van der Waals surface area contributed by atoms with Crippen LogP contribution in [0.15, 0.2) is 0 Å². The molecule has 1 aliphatic rings. The second-order valence-electron chi connectivity index (χ2n) is 3.11. The van der Waals surface area contributed by atoms with E-state index in [1.807, 2.05) is 0 Å². The third-order valence-corrected chi connectivity index (χ3v) is 1.91. The summed E-state index contributed by atoms with van der Waals surface area (Å²) in [5, 5.41) is 0. The number of rotatable bonds is 2. The molecule has 0 N–H and O–H groups in total. The Morgan fingerprint density at radius 3 is 1.36 bits per heavy atom. The first-order valence-corrected chi connectivity index (χ1v) is 4.90. The number of hydrogen-bond donors (Lipinski definition) is 0. The van der Waals surface area contributed by atoms with Gasteiger partial charge in [0.15, 0.2) is 0 Å². The van der Waals surface area contributed by atoms with E-state index >= 15 is 0 Å². The summed E-state index contributed by atoms with van der Waals surface area (Å²) in [5.41, 5.74) is 0. The van der Waals surface area contributed by atoms with E-state index in [2.05, 4.69) is 6.92 Å². The highest BCUT2D eigenvalue weighted by Crippen LogP contribution is 2.15. The highest BCUT2D eigenvalue weighted by molar-refractivity contribution is 4.51. The van der Waals surface area contributed by atoms with Crippen LogP contribution in [-0.4, -0.2) is 13.7 Å². The van der Waals surface area contributed by atoms with Crippen molar-refractivity contribution in [1.29, 1.82) is 0 Å². The summed E-state index contributed by atoms with van der Waals surface area (Å²) in [5.74, 6) is 0. The van der Waals surface area contributed by atoms with E-state index in [9.17, 15) is 0 Å². The molecule has 0 amide bonds. The first kappa shape index (κ1) is 11.0. The molecule has 0 aromatic rings. The van der Waals surface area contributed by atoms with Gasteiger partial charge in [-0.2, -0.15) is 0 Å². The maximum absolute atomic E-state index is 4.69. The topological polar surface area (TPSA) is 9.23 Å². The fraction of sp³-hybridized carbons (Fsp3) is 1.00. The van der Waals surface area contributed by atoms with Crippen LogP contribution in [0.3, 0.4) is 0 Å². The molecule has 0 aromatic carbocycles. The van der Waals surface area contributed by atoms with E-state index in [0.717, 1.165) is 13.0 Å².